The van der Waals surface area contributed by atoms with Gasteiger partial charge in [-0.1, -0.05) is 17.7 Å². The SMILES string of the molecule is COc1cccc(OC)c1/C=C/C(=O)c1ccc(Cl)s1. The van der Waals surface area contributed by atoms with Crippen LogP contribution in [-0.4, -0.2) is 20.0 Å². The predicted octanol–water partition coefficient (Wildman–Crippen LogP) is 4.31. The number of carbonyl (C=O) groups excluding carboxylic acids is 1. The maximum absolute atomic E-state index is 12.0. The van der Waals surface area contributed by atoms with Crippen molar-refractivity contribution < 1.29 is 14.3 Å². The molecule has 0 saturated carbocycles. The molecule has 0 unspecified atom stereocenters. The van der Waals surface area contributed by atoms with Gasteiger partial charge in [0.05, 0.1) is 29.0 Å². The van der Waals surface area contributed by atoms with Gasteiger partial charge in [-0.05, 0) is 36.4 Å². The lowest BCUT2D eigenvalue weighted by Crippen LogP contribution is -1.93. The first-order chi connectivity index (χ1) is 9.65. The molecule has 0 bridgehead atoms. The van der Waals surface area contributed by atoms with Crippen molar-refractivity contribution in [1.82, 2.24) is 0 Å². The minimum absolute atomic E-state index is 0.102. The number of allylic oxidation sites excluding steroid dienone is 1. The number of hydrogen-bond acceptors (Lipinski definition) is 4. The average Bonchev–Trinajstić information content (AvgIpc) is 2.90. The van der Waals surface area contributed by atoms with E-state index < -0.39 is 0 Å². The molecule has 0 radical (unpaired) electrons. The monoisotopic (exact) mass is 308 g/mol. The van der Waals surface area contributed by atoms with Crippen LogP contribution in [0, 0.1) is 0 Å². The Bertz CT molecular complexity index is 624. The van der Waals surface area contributed by atoms with Crippen LogP contribution >= 0.6 is 22.9 Å². The van der Waals surface area contributed by atoms with Crippen LogP contribution in [0.2, 0.25) is 4.34 Å². The van der Waals surface area contributed by atoms with Gasteiger partial charge in [0.25, 0.3) is 0 Å². The minimum Gasteiger partial charge on any atom is -0.496 e. The van der Waals surface area contributed by atoms with Gasteiger partial charge in [0.15, 0.2) is 5.78 Å². The number of carbonyl (C=O) groups is 1. The normalized spacial score (nSPS) is 10.8. The van der Waals surface area contributed by atoms with Gasteiger partial charge in [0.2, 0.25) is 0 Å². The average molecular weight is 309 g/mol. The molecular formula is C15H13ClO3S. The number of ketones is 1. The Hall–Kier alpha value is -1.78. The highest BCUT2D eigenvalue weighted by atomic mass is 35.5. The second kappa shape index (κ2) is 6.59. The summed E-state index contributed by atoms with van der Waals surface area (Å²) < 4.78 is 11.1. The summed E-state index contributed by atoms with van der Waals surface area (Å²) in [5.74, 6) is 1.20. The Morgan fingerprint density at radius 2 is 1.80 bits per heavy atom. The highest BCUT2D eigenvalue weighted by molar-refractivity contribution is 7.18. The summed E-state index contributed by atoms with van der Waals surface area (Å²) >= 11 is 7.07. The van der Waals surface area contributed by atoms with Gasteiger partial charge in [0, 0.05) is 0 Å². The molecule has 1 aromatic carbocycles. The molecule has 1 heterocycles. The lowest BCUT2D eigenvalue weighted by Gasteiger charge is -2.09. The van der Waals surface area contributed by atoms with E-state index in [9.17, 15) is 4.79 Å². The largest absolute Gasteiger partial charge is 0.496 e. The quantitative estimate of drug-likeness (QED) is 0.610. The van der Waals surface area contributed by atoms with Gasteiger partial charge in [-0.25, -0.2) is 0 Å². The van der Waals surface area contributed by atoms with Crippen LogP contribution < -0.4 is 9.47 Å². The second-order valence-electron chi connectivity index (χ2n) is 3.88. The Kier molecular flexibility index (Phi) is 4.82. The molecule has 0 saturated heterocycles. The number of hydrogen-bond donors (Lipinski definition) is 0. The zero-order valence-electron chi connectivity index (χ0n) is 11.1. The smallest absolute Gasteiger partial charge is 0.195 e. The standard InChI is InChI=1S/C15H13ClO3S/c1-18-12-4-3-5-13(19-2)10(12)6-7-11(17)14-8-9-15(16)20-14/h3-9H,1-2H3/b7-6+. The van der Waals surface area contributed by atoms with Gasteiger partial charge in [-0.3, -0.25) is 4.79 Å². The second-order valence-corrected chi connectivity index (χ2v) is 5.59. The third-order valence-corrected chi connectivity index (χ3v) is 3.93. The molecule has 104 valence electrons. The summed E-state index contributed by atoms with van der Waals surface area (Å²) in [6.45, 7) is 0. The number of benzene rings is 1. The van der Waals surface area contributed by atoms with Gasteiger partial charge < -0.3 is 9.47 Å². The van der Waals surface area contributed by atoms with Crippen LogP contribution in [0.15, 0.2) is 36.4 Å². The molecule has 2 aromatic rings. The van der Waals surface area contributed by atoms with Crippen LogP contribution in [0.3, 0.4) is 0 Å². The Labute approximate surface area is 126 Å². The molecule has 1 aromatic heterocycles. The fourth-order valence-electron chi connectivity index (χ4n) is 1.73. The van der Waals surface area contributed by atoms with E-state index in [2.05, 4.69) is 0 Å². The number of halogens is 1. The molecule has 20 heavy (non-hydrogen) atoms. The van der Waals surface area contributed by atoms with Crippen LogP contribution in [0.1, 0.15) is 15.2 Å². The van der Waals surface area contributed by atoms with Crippen molar-refractivity contribution >= 4 is 34.8 Å². The van der Waals surface area contributed by atoms with Crippen molar-refractivity contribution in [2.75, 3.05) is 14.2 Å². The molecule has 0 fully saturated rings. The lowest BCUT2D eigenvalue weighted by molar-refractivity contribution is 0.105. The summed E-state index contributed by atoms with van der Waals surface area (Å²) in [7, 11) is 3.15. The summed E-state index contributed by atoms with van der Waals surface area (Å²) in [5, 5.41) is 0. The number of rotatable bonds is 5. The molecule has 5 heteroatoms. The molecule has 0 atom stereocenters. The summed E-state index contributed by atoms with van der Waals surface area (Å²) in [6, 6.07) is 8.87. The van der Waals surface area contributed by atoms with E-state index >= 15 is 0 Å². The fraction of sp³-hybridized carbons (Fsp3) is 0.133. The van der Waals surface area contributed by atoms with Gasteiger partial charge in [-0.2, -0.15) is 0 Å². The maximum Gasteiger partial charge on any atom is 0.195 e. The van der Waals surface area contributed by atoms with Crippen LogP contribution in [0.25, 0.3) is 6.08 Å². The summed E-state index contributed by atoms with van der Waals surface area (Å²) in [4.78, 5) is 12.6. The molecule has 0 spiro atoms. The highest BCUT2D eigenvalue weighted by Gasteiger charge is 2.09. The van der Waals surface area contributed by atoms with Crippen LogP contribution in [-0.2, 0) is 0 Å². The summed E-state index contributed by atoms with van der Waals surface area (Å²) in [6.07, 6.45) is 3.18. The van der Waals surface area contributed by atoms with E-state index in [4.69, 9.17) is 21.1 Å². The number of methoxy groups -OCH3 is 2. The molecular weight excluding hydrogens is 296 g/mol. The van der Waals surface area contributed by atoms with E-state index in [0.29, 0.717) is 20.7 Å². The van der Waals surface area contributed by atoms with Crippen molar-refractivity contribution in [2.24, 2.45) is 0 Å². The van der Waals surface area contributed by atoms with Crippen LogP contribution in [0.4, 0.5) is 0 Å². The molecule has 0 aliphatic rings. The first-order valence-electron chi connectivity index (χ1n) is 5.84. The van der Waals surface area contributed by atoms with E-state index in [1.54, 1.807) is 32.4 Å². The van der Waals surface area contributed by atoms with Gasteiger partial charge in [0.1, 0.15) is 11.5 Å². The minimum atomic E-state index is -0.102. The van der Waals surface area contributed by atoms with E-state index in [1.165, 1.54) is 17.4 Å². The van der Waals surface area contributed by atoms with Crippen molar-refractivity contribution in [2.45, 2.75) is 0 Å². The zero-order chi connectivity index (χ0) is 14.5. The van der Waals surface area contributed by atoms with Crippen molar-refractivity contribution in [1.29, 1.82) is 0 Å². The Morgan fingerprint density at radius 3 is 2.30 bits per heavy atom. The topological polar surface area (TPSA) is 35.5 Å². The third-order valence-electron chi connectivity index (χ3n) is 2.68. The summed E-state index contributed by atoms with van der Waals surface area (Å²) in [5.41, 5.74) is 0.730. The molecule has 0 amide bonds. The zero-order valence-corrected chi connectivity index (χ0v) is 12.6. The third kappa shape index (κ3) is 3.21. The predicted molar refractivity (Wildman–Crippen MR) is 82.2 cm³/mol. The first kappa shape index (κ1) is 14.6. The molecule has 0 aliphatic heterocycles. The molecule has 0 aliphatic carbocycles. The highest BCUT2D eigenvalue weighted by Crippen LogP contribution is 2.30. The molecule has 0 N–H and O–H groups in total. The first-order valence-corrected chi connectivity index (χ1v) is 7.04. The maximum atomic E-state index is 12.0. The van der Waals surface area contributed by atoms with Crippen LogP contribution in [0.5, 0.6) is 11.5 Å². The van der Waals surface area contributed by atoms with Crippen molar-refractivity contribution in [3.05, 3.63) is 51.2 Å². The van der Waals surface area contributed by atoms with Gasteiger partial charge >= 0.3 is 0 Å². The Morgan fingerprint density at radius 1 is 1.15 bits per heavy atom. The van der Waals surface area contributed by atoms with E-state index in [-0.39, 0.29) is 5.78 Å². The van der Waals surface area contributed by atoms with Crippen molar-refractivity contribution in [3.8, 4) is 11.5 Å². The lowest BCUT2D eigenvalue weighted by atomic mass is 10.1. The molecule has 2 rings (SSSR count). The van der Waals surface area contributed by atoms with E-state index in [0.717, 1.165) is 5.56 Å². The number of ether oxygens (including phenoxy) is 2. The molecule has 3 nitrogen and oxygen atoms in total. The Balaban J connectivity index is 2.29. The van der Waals surface area contributed by atoms with Gasteiger partial charge in [-0.15, -0.1) is 11.3 Å². The van der Waals surface area contributed by atoms with E-state index in [1.807, 2.05) is 18.2 Å². The fourth-order valence-corrected chi connectivity index (χ4v) is 2.70. The van der Waals surface area contributed by atoms with Crippen molar-refractivity contribution in [3.63, 3.8) is 0 Å². The number of thiophene rings is 1.